The number of nitrogens with one attached hydrogen (secondary N) is 1. The summed E-state index contributed by atoms with van der Waals surface area (Å²) in [4.78, 5) is 23.7. The van der Waals surface area contributed by atoms with Crippen molar-refractivity contribution in [3.63, 3.8) is 0 Å². The smallest absolute Gasteiger partial charge is 0.418 e. The summed E-state index contributed by atoms with van der Waals surface area (Å²) in [5.74, 6) is -1.08. The van der Waals surface area contributed by atoms with Gasteiger partial charge in [0.1, 0.15) is 12.4 Å². The number of hydrogen-bond acceptors (Lipinski definition) is 4. The van der Waals surface area contributed by atoms with Crippen LogP contribution < -0.4 is 10.1 Å². The number of ether oxygens (including phenoxy) is 2. The summed E-state index contributed by atoms with van der Waals surface area (Å²) in [6.45, 7) is -0.360. The average molecular weight is 490 g/mol. The number of halogens is 4. The zero-order chi connectivity index (χ0) is 24.6. The minimum absolute atomic E-state index is 0.369. The maximum absolute atomic E-state index is 13.0. The van der Waals surface area contributed by atoms with Gasteiger partial charge >= 0.3 is 12.1 Å². The maximum atomic E-state index is 13.0. The van der Waals surface area contributed by atoms with Crippen LogP contribution in [0.25, 0.3) is 6.08 Å². The largest absolute Gasteiger partial charge is 0.489 e. The van der Waals surface area contributed by atoms with Crippen LogP contribution in [0.4, 0.5) is 18.9 Å². The lowest BCUT2D eigenvalue weighted by Gasteiger charge is -2.13. The van der Waals surface area contributed by atoms with E-state index in [1.54, 1.807) is 36.4 Å². The van der Waals surface area contributed by atoms with Gasteiger partial charge in [-0.2, -0.15) is 13.2 Å². The molecule has 0 unspecified atom stereocenters. The number of esters is 1. The van der Waals surface area contributed by atoms with Crippen molar-refractivity contribution in [2.75, 3.05) is 11.9 Å². The molecule has 3 aromatic carbocycles. The second-order valence-corrected chi connectivity index (χ2v) is 7.45. The van der Waals surface area contributed by atoms with E-state index >= 15 is 0 Å². The highest BCUT2D eigenvalue weighted by Crippen LogP contribution is 2.34. The first-order chi connectivity index (χ1) is 16.2. The summed E-state index contributed by atoms with van der Waals surface area (Å²) < 4.78 is 49.4. The summed E-state index contributed by atoms with van der Waals surface area (Å²) >= 11 is 5.85. The second kappa shape index (κ2) is 11.4. The van der Waals surface area contributed by atoms with Gasteiger partial charge < -0.3 is 14.8 Å². The third kappa shape index (κ3) is 7.67. The molecule has 1 amide bonds. The van der Waals surface area contributed by atoms with Gasteiger partial charge in [0.25, 0.3) is 5.91 Å². The molecule has 0 aliphatic carbocycles. The molecule has 3 aromatic rings. The molecule has 0 saturated heterocycles. The molecular formula is C25H19ClF3NO4. The van der Waals surface area contributed by atoms with Crippen LogP contribution >= 0.6 is 11.6 Å². The van der Waals surface area contributed by atoms with Crippen LogP contribution in [-0.2, 0) is 27.1 Å². The third-order valence-corrected chi connectivity index (χ3v) is 4.71. The Morgan fingerprint density at radius 3 is 2.29 bits per heavy atom. The van der Waals surface area contributed by atoms with Gasteiger partial charge in [-0.3, -0.25) is 4.79 Å². The zero-order valence-electron chi connectivity index (χ0n) is 17.6. The van der Waals surface area contributed by atoms with E-state index in [-0.39, 0.29) is 0 Å². The summed E-state index contributed by atoms with van der Waals surface area (Å²) in [6, 6.07) is 18.7. The van der Waals surface area contributed by atoms with Gasteiger partial charge in [0.2, 0.25) is 0 Å². The molecule has 0 aromatic heterocycles. The Labute approximate surface area is 198 Å². The number of amides is 1. The van der Waals surface area contributed by atoms with Gasteiger partial charge in [-0.25, -0.2) is 4.79 Å². The molecule has 5 nitrogen and oxygen atoms in total. The maximum Gasteiger partial charge on any atom is 0.418 e. The van der Waals surface area contributed by atoms with Crippen molar-refractivity contribution in [2.24, 2.45) is 0 Å². The van der Waals surface area contributed by atoms with E-state index < -0.39 is 35.9 Å². The fourth-order valence-electron chi connectivity index (χ4n) is 2.80. The highest BCUT2D eigenvalue weighted by atomic mass is 35.5. The van der Waals surface area contributed by atoms with Crippen molar-refractivity contribution >= 4 is 35.2 Å². The molecule has 0 aliphatic rings. The topological polar surface area (TPSA) is 64.6 Å². The molecule has 0 atom stereocenters. The van der Waals surface area contributed by atoms with E-state index in [4.69, 9.17) is 21.1 Å². The van der Waals surface area contributed by atoms with E-state index in [1.165, 1.54) is 18.2 Å². The Kier molecular flexibility index (Phi) is 8.32. The van der Waals surface area contributed by atoms with Gasteiger partial charge in [0, 0.05) is 11.1 Å². The molecule has 3 rings (SSSR count). The highest BCUT2D eigenvalue weighted by molar-refractivity contribution is 6.30. The molecule has 0 fully saturated rings. The lowest BCUT2D eigenvalue weighted by Crippen LogP contribution is -2.22. The Morgan fingerprint density at radius 1 is 0.941 bits per heavy atom. The number of carbonyl (C=O) groups excluding carboxylic acids is 2. The molecule has 0 radical (unpaired) electrons. The molecule has 0 aliphatic heterocycles. The summed E-state index contributed by atoms with van der Waals surface area (Å²) in [5, 5.41) is 2.74. The SMILES string of the molecule is O=C(COC(=O)C=Cc1ccc(OCc2ccc(Cl)cc2)cc1)Nc1ccccc1C(F)(F)F. The molecule has 0 saturated carbocycles. The number of alkyl halides is 3. The fourth-order valence-corrected chi connectivity index (χ4v) is 2.92. The summed E-state index contributed by atoms with van der Waals surface area (Å²) in [5.41, 5.74) is 0.238. The van der Waals surface area contributed by atoms with Gasteiger partial charge in [-0.15, -0.1) is 0 Å². The van der Waals surface area contributed by atoms with Crippen LogP contribution in [0.3, 0.4) is 0 Å². The highest BCUT2D eigenvalue weighted by Gasteiger charge is 2.33. The average Bonchev–Trinajstić information content (AvgIpc) is 2.81. The molecule has 0 heterocycles. The van der Waals surface area contributed by atoms with E-state index in [9.17, 15) is 22.8 Å². The monoisotopic (exact) mass is 489 g/mol. The van der Waals surface area contributed by atoms with Gasteiger partial charge in [-0.1, -0.05) is 48.0 Å². The Hall–Kier alpha value is -3.78. The Balaban J connectivity index is 1.46. The van der Waals surface area contributed by atoms with Crippen LogP contribution in [0.1, 0.15) is 16.7 Å². The normalized spacial score (nSPS) is 11.3. The predicted octanol–water partition coefficient (Wildman–Crippen LogP) is 6.13. The lowest BCUT2D eigenvalue weighted by atomic mass is 10.1. The first-order valence-corrected chi connectivity index (χ1v) is 10.4. The van der Waals surface area contributed by atoms with E-state index in [1.807, 2.05) is 12.1 Å². The molecule has 34 heavy (non-hydrogen) atoms. The number of benzene rings is 3. The Bertz CT molecular complexity index is 1160. The first kappa shape index (κ1) is 24.9. The van der Waals surface area contributed by atoms with Crippen molar-refractivity contribution in [2.45, 2.75) is 12.8 Å². The van der Waals surface area contributed by atoms with E-state index in [0.29, 0.717) is 22.9 Å². The molecular weight excluding hydrogens is 471 g/mol. The standard InChI is InChI=1S/C25H19ClF3NO4/c26-19-10-5-18(6-11-19)15-33-20-12-7-17(8-13-20)9-14-24(32)34-16-23(31)30-22-4-2-1-3-21(22)25(27,28)29/h1-14H,15-16H2,(H,30,31). The second-order valence-electron chi connectivity index (χ2n) is 7.02. The van der Waals surface area contributed by atoms with Gasteiger partial charge in [0.05, 0.1) is 11.3 Å². The lowest BCUT2D eigenvalue weighted by molar-refractivity contribution is -0.142. The minimum Gasteiger partial charge on any atom is -0.489 e. The number of carbonyl (C=O) groups is 2. The quantitative estimate of drug-likeness (QED) is 0.305. The zero-order valence-corrected chi connectivity index (χ0v) is 18.4. The number of para-hydroxylation sites is 1. The first-order valence-electron chi connectivity index (χ1n) is 9.99. The van der Waals surface area contributed by atoms with Crippen LogP contribution in [0, 0.1) is 0 Å². The van der Waals surface area contributed by atoms with Crippen LogP contribution in [-0.4, -0.2) is 18.5 Å². The molecule has 9 heteroatoms. The fraction of sp³-hybridized carbons (Fsp3) is 0.120. The van der Waals surface area contributed by atoms with E-state index in [0.717, 1.165) is 23.8 Å². The van der Waals surface area contributed by atoms with Crippen LogP contribution in [0.5, 0.6) is 5.75 Å². The van der Waals surface area contributed by atoms with Crippen LogP contribution in [0.15, 0.2) is 78.9 Å². The molecule has 0 bridgehead atoms. The third-order valence-electron chi connectivity index (χ3n) is 4.46. The van der Waals surface area contributed by atoms with Crippen molar-refractivity contribution in [1.82, 2.24) is 0 Å². The summed E-state index contributed by atoms with van der Waals surface area (Å²) in [7, 11) is 0. The minimum atomic E-state index is -4.63. The Morgan fingerprint density at radius 2 is 1.62 bits per heavy atom. The molecule has 0 spiro atoms. The summed E-state index contributed by atoms with van der Waals surface area (Å²) in [6.07, 6.45) is -2.04. The number of hydrogen-bond donors (Lipinski definition) is 1. The molecule has 176 valence electrons. The van der Waals surface area contributed by atoms with Crippen molar-refractivity contribution in [3.05, 3.63) is 101 Å². The number of anilines is 1. The van der Waals surface area contributed by atoms with Crippen LogP contribution in [0.2, 0.25) is 5.02 Å². The van der Waals surface area contributed by atoms with Crippen molar-refractivity contribution < 1.29 is 32.2 Å². The van der Waals surface area contributed by atoms with Crippen molar-refractivity contribution in [1.29, 1.82) is 0 Å². The predicted molar refractivity (Wildman–Crippen MR) is 122 cm³/mol. The van der Waals surface area contributed by atoms with Gasteiger partial charge in [-0.05, 0) is 53.6 Å². The molecule has 1 N–H and O–H groups in total. The van der Waals surface area contributed by atoms with E-state index in [2.05, 4.69) is 5.32 Å². The number of rotatable bonds is 8. The van der Waals surface area contributed by atoms with Crippen molar-refractivity contribution in [3.8, 4) is 5.75 Å². The van der Waals surface area contributed by atoms with Gasteiger partial charge in [0.15, 0.2) is 6.61 Å².